The first-order chi connectivity index (χ1) is 13.7. The predicted molar refractivity (Wildman–Crippen MR) is 130 cm³/mol. The summed E-state index contributed by atoms with van der Waals surface area (Å²) in [6.07, 6.45) is 6.08. The molecule has 0 N–H and O–H groups in total. The molecule has 0 saturated heterocycles. The predicted octanol–water partition coefficient (Wildman–Crippen LogP) is 7.74. The van der Waals surface area contributed by atoms with Crippen LogP contribution >= 0.6 is 0 Å². The zero-order valence-electron chi connectivity index (χ0n) is 21.4. The van der Waals surface area contributed by atoms with Gasteiger partial charge in [-0.15, -0.1) is 0 Å². The Morgan fingerprint density at radius 1 is 0.767 bits per heavy atom. The Hall–Kier alpha value is -1.70. The maximum atomic E-state index is 5.15. The molecule has 166 valence electrons. The summed E-state index contributed by atoms with van der Waals surface area (Å²) in [4.78, 5) is 9.76. The molecule has 0 aliphatic heterocycles. The van der Waals surface area contributed by atoms with Gasteiger partial charge in [0.05, 0.1) is 0 Å². The van der Waals surface area contributed by atoms with E-state index in [0.717, 1.165) is 12.8 Å². The fourth-order valence-electron chi connectivity index (χ4n) is 3.65. The molecule has 2 aromatic rings. The van der Waals surface area contributed by atoms with Crippen LogP contribution in [0.1, 0.15) is 117 Å². The zero-order chi connectivity index (χ0) is 22.9. The molecule has 0 aromatic carbocycles. The standard InChI is InChI=1S/C28H44N2/c1-12-27(8,9)22-13-23(18-29-17-22)28(10,11)16-24-14-21(26(5,6)7)15-25(30-24)20(4)19(2)3/h13-15,17-20H,12,16H2,1-11H3. The van der Waals surface area contributed by atoms with Crippen molar-refractivity contribution >= 4 is 0 Å². The number of hydrogen-bond acceptors (Lipinski definition) is 2. The molecule has 0 aliphatic carbocycles. The van der Waals surface area contributed by atoms with Crippen molar-refractivity contribution in [2.24, 2.45) is 5.92 Å². The highest BCUT2D eigenvalue weighted by atomic mass is 14.7. The largest absolute Gasteiger partial charge is 0.264 e. The van der Waals surface area contributed by atoms with Crippen LogP contribution in [0.15, 0.2) is 30.6 Å². The summed E-state index contributed by atoms with van der Waals surface area (Å²) < 4.78 is 0. The van der Waals surface area contributed by atoms with E-state index >= 15 is 0 Å². The lowest BCUT2D eigenvalue weighted by atomic mass is 9.76. The van der Waals surface area contributed by atoms with Gasteiger partial charge in [0, 0.05) is 29.7 Å². The van der Waals surface area contributed by atoms with Gasteiger partial charge in [-0.05, 0) is 63.8 Å². The van der Waals surface area contributed by atoms with Gasteiger partial charge in [0.2, 0.25) is 0 Å². The summed E-state index contributed by atoms with van der Waals surface area (Å²) in [5.74, 6) is 1.02. The molecule has 2 rings (SSSR count). The van der Waals surface area contributed by atoms with Crippen molar-refractivity contribution in [2.45, 2.75) is 111 Å². The van der Waals surface area contributed by atoms with Gasteiger partial charge < -0.3 is 0 Å². The van der Waals surface area contributed by atoms with Gasteiger partial charge in [-0.25, -0.2) is 0 Å². The molecule has 2 aromatic heterocycles. The molecule has 0 aliphatic rings. The Morgan fingerprint density at radius 3 is 1.83 bits per heavy atom. The highest BCUT2D eigenvalue weighted by Crippen LogP contribution is 2.34. The molecule has 1 unspecified atom stereocenters. The summed E-state index contributed by atoms with van der Waals surface area (Å²) in [6, 6.07) is 7.01. The van der Waals surface area contributed by atoms with Crippen LogP contribution < -0.4 is 0 Å². The quantitative estimate of drug-likeness (QED) is 0.468. The van der Waals surface area contributed by atoms with Gasteiger partial charge >= 0.3 is 0 Å². The minimum atomic E-state index is -0.0331. The molecule has 0 radical (unpaired) electrons. The number of nitrogens with zero attached hydrogens (tertiary/aromatic N) is 2. The summed E-state index contributed by atoms with van der Waals surface area (Å²) in [5, 5.41) is 0. The molecule has 2 nitrogen and oxygen atoms in total. The molecule has 30 heavy (non-hydrogen) atoms. The minimum Gasteiger partial charge on any atom is -0.264 e. The highest BCUT2D eigenvalue weighted by Gasteiger charge is 2.27. The van der Waals surface area contributed by atoms with Crippen LogP contribution in [0.5, 0.6) is 0 Å². The molecule has 2 heteroatoms. The van der Waals surface area contributed by atoms with Crippen LogP contribution in [0.4, 0.5) is 0 Å². The number of hydrogen-bond donors (Lipinski definition) is 0. The zero-order valence-corrected chi connectivity index (χ0v) is 21.4. The van der Waals surface area contributed by atoms with E-state index in [9.17, 15) is 0 Å². The van der Waals surface area contributed by atoms with E-state index in [-0.39, 0.29) is 16.2 Å². The second-order valence-electron chi connectivity index (χ2n) is 11.8. The van der Waals surface area contributed by atoms with E-state index < -0.39 is 0 Å². The molecular weight excluding hydrogens is 364 g/mol. The van der Waals surface area contributed by atoms with Crippen molar-refractivity contribution in [2.75, 3.05) is 0 Å². The Labute approximate surface area is 185 Å². The SMILES string of the molecule is CCC(C)(C)c1cncc(C(C)(C)Cc2cc(C(C)(C)C)cc(C(C)C(C)C)n2)c1. The Bertz CT molecular complexity index is 853. The van der Waals surface area contributed by atoms with E-state index in [1.165, 1.54) is 28.1 Å². The van der Waals surface area contributed by atoms with Crippen molar-refractivity contribution in [1.29, 1.82) is 0 Å². The van der Waals surface area contributed by atoms with E-state index in [1.54, 1.807) is 0 Å². The van der Waals surface area contributed by atoms with Crippen molar-refractivity contribution in [3.63, 3.8) is 0 Å². The van der Waals surface area contributed by atoms with Gasteiger partial charge in [0.25, 0.3) is 0 Å². The van der Waals surface area contributed by atoms with Crippen LogP contribution in [0, 0.1) is 5.92 Å². The van der Waals surface area contributed by atoms with E-state index in [2.05, 4.69) is 99.3 Å². The Morgan fingerprint density at radius 2 is 1.33 bits per heavy atom. The van der Waals surface area contributed by atoms with Crippen molar-refractivity contribution in [3.05, 3.63) is 58.7 Å². The van der Waals surface area contributed by atoms with Crippen LogP contribution in [0.3, 0.4) is 0 Å². The summed E-state index contributed by atoms with van der Waals surface area (Å²) in [6.45, 7) is 25.2. The number of aromatic nitrogens is 2. The summed E-state index contributed by atoms with van der Waals surface area (Å²) >= 11 is 0. The third kappa shape index (κ3) is 5.71. The van der Waals surface area contributed by atoms with E-state index in [1.807, 2.05) is 12.4 Å². The number of pyridine rings is 2. The maximum absolute atomic E-state index is 5.15. The molecule has 0 spiro atoms. The molecule has 1 atom stereocenters. The van der Waals surface area contributed by atoms with Gasteiger partial charge in [-0.2, -0.15) is 0 Å². The third-order valence-corrected chi connectivity index (χ3v) is 7.04. The summed E-state index contributed by atoms with van der Waals surface area (Å²) in [5.41, 5.74) is 6.63. The van der Waals surface area contributed by atoms with Crippen LogP contribution in [-0.4, -0.2) is 9.97 Å². The minimum absolute atomic E-state index is 0.0331. The monoisotopic (exact) mass is 408 g/mol. The topological polar surface area (TPSA) is 25.8 Å². The Kier molecular flexibility index (Phi) is 7.21. The first-order valence-electron chi connectivity index (χ1n) is 11.6. The fourth-order valence-corrected chi connectivity index (χ4v) is 3.65. The number of rotatable bonds is 7. The first-order valence-corrected chi connectivity index (χ1v) is 11.6. The molecular formula is C28H44N2. The van der Waals surface area contributed by atoms with Crippen LogP contribution in [-0.2, 0) is 22.7 Å². The first kappa shape index (κ1) is 24.6. The lowest BCUT2D eigenvalue weighted by Crippen LogP contribution is -2.25. The van der Waals surface area contributed by atoms with Crippen molar-refractivity contribution in [1.82, 2.24) is 9.97 Å². The lowest BCUT2D eigenvalue weighted by Gasteiger charge is -2.30. The van der Waals surface area contributed by atoms with Crippen molar-refractivity contribution in [3.8, 4) is 0 Å². The highest BCUT2D eigenvalue weighted by molar-refractivity contribution is 5.34. The molecule has 0 saturated carbocycles. The fraction of sp³-hybridized carbons (Fsp3) is 0.643. The smallest absolute Gasteiger partial charge is 0.0440 e. The van der Waals surface area contributed by atoms with Gasteiger partial charge in [0.1, 0.15) is 0 Å². The molecule has 0 bridgehead atoms. The summed E-state index contributed by atoms with van der Waals surface area (Å²) in [7, 11) is 0. The second kappa shape index (κ2) is 8.81. The van der Waals surface area contributed by atoms with Gasteiger partial charge in [-0.1, -0.05) is 82.2 Å². The maximum Gasteiger partial charge on any atom is 0.0440 e. The molecule has 0 fully saturated rings. The third-order valence-electron chi connectivity index (χ3n) is 7.04. The average Bonchev–Trinajstić information content (AvgIpc) is 2.66. The normalized spacial score (nSPS) is 14.3. The van der Waals surface area contributed by atoms with E-state index in [4.69, 9.17) is 4.98 Å². The molecule has 0 amide bonds. The van der Waals surface area contributed by atoms with Gasteiger partial charge in [-0.3, -0.25) is 9.97 Å². The Balaban J connectivity index is 2.47. The lowest BCUT2D eigenvalue weighted by molar-refractivity contribution is 0.483. The average molecular weight is 409 g/mol. The van der Waals surface area contributed by atoms with Crippen LogP contribution in [0.25, 0.3) is 0 Å². The second-order valence-corrected chi connectivity index (χ2v) is 11.8. The molecule has 2 heterocycles. The van der Waals surface area contributed by atoms with E-state index in [0.29, 0.717) is 11.8 Å². The van der Waals surface area contributed by atoms with Crippen molar-refractivity contribution < 1.29 is 0 Å². The van der Waals surface area contributed by atoms with Gasteiger partial charge in [0.15, 0.2) is 0 Å². The van der Waals surface area contributed by atoms with Crippen LogP contribution in [0.2, 0.25) is 0 Å².